The van der Waals surface area contributed by atoms with E-state index in [1.165, 1.54) is 0 Å². The molecule has 0 aromatic heterocycles. The number of methoxy groups -OCH3 is 1. The second-order valence-electron chi connectivity index (χ2n) is 11.3. The molecule has 0 amide bonds. The molecule has 11 heteroatoms. The lowest BCUT2D eigenvalue weighted by molar-refractivity contribution is -0.282. The molecule has 1 aromatic rings. The molecule has 2 bridgehead atoms. The zero-order valence-electron chi connectivity index (χ0n) is 26.8. The van der Waals surface area contributed by atoms with Gasteiger partial charge in [0, 0.05) is 36.3 Å². The molecule has 2 aliphatic heterocycles. The SMILES string of the molecule is [2H]C([2H])([2H])N1CCC23CCCCC2C1Cc1ccc(OC2OC(C(=O)OC)C(OC(C)=O)C(OC(C)=O)C2OC(C)=O)cc13. The first-order valence-corrected chi connectivity index (χ1v) is 14.1. The third-order valence-electron chi connectivity index (χ3n) is 8.90. The maximum atomic E-state index is 12.8. The molecule has 0 spiro atoms. The summed E-state index contributed by atoms with van der Waals surface area (Å²) in [6.45, 7) is 1.68. The monoisotopic (exact) mass is 576 g/mol. The van der Waals surface area contributed by atoms with Crippen molar-refractivity contribution in [2.75, 3.05) is 20.6 Å². The molecular formula is C30H39NO10. The molecule has 0 radical (unpaired) electrons. The van der Waals surface area contributed by atoms with Crippen LogP contribution in [-0.2, 0) is 54.7 Å². The fraction of sp³-hybridized carbons (Fsp3) is 0.667. The smallest absolute Gasteiger partial charge is 0.339 e. The lowest BCUT2D eigenvalue weighted by atomic mass is 9.52. The Morgan fingerprint density at radius 2 is 1.68 bits per heavy atom. The van der Waals surface area contributed by atoms with Crippen LogP contribution < -0.4 is 4.74 Å². The van der Waals surface area contributed by atoms with Gasteiger partial charge in [-0.05, 0) is 68.4 Å². The molecule has 224 valence electrons. The highest BCUT2D eigenvalue weighted by atomic mass is 16.7. The Labute approximate surface area is 243 Å². The fourth-order valence-corrected chi connectivity index (χ4v) is 7.37. The van der Waals surface area contributed by atoms with E-state index in [4.69, 9.17) is 32.5 Å². The van der Waals surface area contributed by atoms with Crippen LogP contribution in [0.2, 0.25) is 0 Å². The van der Waals surface area contributed by atoms with E-state index in [0.717, 1.165) is 64.7 Å². The van der Waals surface area contributed by atoms with Gasteiger partial charge >= 0.3 is 23.9 Å². The van der Waals surface area contributed by atoms with Crippen LogP contribution in [0.25, 0.3) is 0 Å². The van der Waals surface area contributed by atoms with E-state index in [1.54, 1.807) is 11.0 Å². The van der Waals surface area contributed by atoms with Crippen molar-refractivity contribution in [3.63, 3.8) is 0 Å². The predicted octanol–water partition coefficient (Wildman–Crippen LogP) is 2.45. The lowest BCUT2D eigenvalue weighted by Gasteiger charge is -2.58. The van der Waals surface area contributed by atoms with Gasteiger partial charge in [0.05, 0.1) is 7.11 Å². The van der Waals surface area contributed by atoms with Crippen molar-refractivity contribution in [1.82, 2.24) is 4.90 Å². The van der Waals surface area contributed by atoms with Crippen LogP contribution in [0.5, 0.6) is 5.75 Å². The summed E-state index contributed by atoms with van der Waals surface area (Å²) in [5, 5.41) is 0. The Kier molecular flexibility index (Phi) is 7.22. The third kappa shape index (κ3) is 5.53. The number of fused-ring (bicyclic) bond motifs is 1. The minimum Gasteiger partial charge on any atom is -0.467 e. The Bertz CT molecular complexity index is 1300. The quantitative estimate of drug-likeness (QED) is 0.366. The van der Waals surface area contributed by atoms with Crippen molar-refractivity contribution < 1.29 is 51.7 Å². The van der Waals surface area contributed by atoms with Gasteiger partial charge in [-0.3, -0.25) is 14.4 Å². The highest BCUT2D eigenvalue weighted by Gasteiger charge is 2.56. The van der Waals surface area contributed by atoms with Crippen molar-refractivity contribution in [2.45, 2.75) is 101 Å². The van der Waals surface area contributed by atoms with Crippen LogP contribution >= 0.6 is 0 Å². The summed E-state index contributed by atoms with van der Waals surface area (Å²) in [4.78, 5) is 50.8. The Morgan fingerprint density at radius 3 is 2.37 bits per heavy atom. The molecule has 8 atom stereocenters. The first-order valence-electron chi connectivity index (χ1n) is 15.6. The summed E-state index contributed by atoms with van der Waals surface area (Å²) in [5.41, 5.74) is 1.94. The number of hydrogen-bond acceptors (Lipinski definition) is 11. The topological polar surface area (TPSA) is 127 Å². The molecule has 3 fully saturated rings. The maximum Gasteiger partial charge on any atom is 0.339 e. The summed E-state index contributed by atoms with van der Waals surface area (Å²) in [6.07, 6.45) is -2.14. The normalized spacial score (nSPS) is 35.7. The number of esters is 4. The molecule has 5 rings (SSSR count). The Balaban J connectivity index is 1.52. The van der Waals surface area contributed by atoms with Crippen LogP contribution in [0.15, 0.2) is 18.2 Å². The highest BCUT2D eigenvalue weighted by Crippen LogP contribution is 2.56. The van der Waals surface area contributed by atoms with Gasteiger partial charge in [-0.15, -0.1) is 0 Å². The van der Waals surface area contributed by atoms with Gasteiger partial charge in [0.25, 0.3) is 0 Å². The number of ether oxygens (including phenoxy) is 6. The second kappa shape index (κ2) is 11.6. The molecule has 2 aliphatic carbocycles. The maximum absolute atomic E-state index is 12.8. The second-order valence-corrected chi connectivity index (χ2v) is 11.3. The average Bonchev–Trinajstić information content (AvgIpc) is 2.94. The van der Waals surface area contributed by atoms with Crippen LogP contribution in [0.1, 0.15) is 68.1 Å². The average molecular weight is 577 g/mol. The van der Waals surface area contributed by atoms with E-state index in [1.807, 2.05) is 12.1 Å². The van der Waals surface area contributed by atoms with E-state index in [9.17, 15) is 19.2 Å². The molecule has 11 nitrogen and oxygen atoms in total. The molecule has 4 aliphatic rings. The van der Waals surface area contributed by atoms with E-state index in [0.29, 0.717) is 25.1 Å². The number of piperidine rings is 1. The van der Waals surface area contributed by atoms with Crippen molar-refractivity contribution >= 4 is 23.9 Å². The van der Waals surface area contributed by atoms with E-state index in [-0.39, 0.29) is 17.4 Å². The number of rotatable bonds is 6. The first kappa shape index (κ1) is 25.5. The van der Waals surface area contributed by atoms with Crippen LogP contribution in [0, 0.1) is 5.92 Å². The van der Waals surface area contributed by atoms with Crippen LogP contribution in [0.3, 0.4) is 0 Å². The predicted molar refractivity (Wildman–Crippen MR) is 143 cm³/mol. The van der Waals surface area contributed by atoms with Crippen molar-refractivity contribution in [3.05, 3.63) is 29.3 Å². The molecule has 2 heterocycles. The molecule has 1 aromatic carbocycles. The zero-order valence-corrected chi connectivity index (χ0v) is 23.8. The molecule has 41 heavy (non-hydrogen) atoms. The summed E-state index contributed by atoms with van der Waals surface area (Å²) < 4.78 is 57.8. The van der Waals surface area contributed by atoms with Gasteiger partial charge < -0.3 is 33.3 Å². The summed E-state index contributed by atoms with van der Waals surface area (Å²) in [7, 11) is 1.12. The number of carbonyl (C=O) groups is 4. The van der Waals surface area contributed by atoms with E-state index in [2.05, 4.69) is 0 Å². The van der Waals surface area contributed by atoms with Gasteiger partial charge in [0.15, 0.2) is 18.3 Å². The number of benzene rings is 1. The van der Waals surface area contributed by atoms with E-state index >= 15 is 0 Å². The van der Waals surface area contributed by atoms with E-state index < -0.39 is 61.6 Å². The minimum atomic E-state index is -2.17. The summed E-state index contributed by atoms with van der Waals surface area (Å²) in [5.74, 6) is -2.69. The zero-order chi connectivity index (χ0) is 32.0. The Hall–Kier alpha value is -3.18. The highest BCUT2D eigenvalue weighted by molar-refractivity contribution is 5.77. The Morgan fingerprint density at radius 1 is 0.976 bits per heavy atom. The number of nitrogens with zero attached hydrogens (tertiary/aromatic N) is 1. The van der Waals surface area contributed by atoms with Gasteiger partial charge in [-0.1, -0.05) is 18.9 Å². The molecule has 2 saturated heterocycles. The molecule has 0 N–H and O–H groups in total. The van der Waals surface area contributed by atoms with Gasteiger partial charge in [-0.25, -0.2) is 4.79 Å². The lowest BCUT2D eigenvalue weighted by Crippen LogP contribution is -2.64. The summed E-state index contributed by atoms with van der Waals surface area (Å²) >= 11 is 0. The number of hydrogen-bond donors (Lipinski definition) is 0. The van der Waals surface area contributed by atoms with Crippen LogP contribution in [-0.4, -0.2) is 86.2 Å². The van der Waals surface area contributed by atoms with Crippen molar-refractivity contribution in [2.24, 2.45) is 5.92 Å². The number of likely N-dealkylation sites (N-methyl/N-ethyl adjacent to an activating group) is 1. The van der Waals surface area contributed by atoms with Crippen molar-refractivity contribution in [1.29, 1.82) is 0 Å². The standard InChI is InChI=1S/C30H39NO10/c1-16(32)37-24-25(38-17(2)33)27(39-18(3)34)29(41-26(24)28(35)36-5)40-20-10-9-19-14-23-21-8-6-7-11-30(21,22(19)15-20)12-13-31(23)4/h9-10,15,21,23-27,29H,6-8,11-14H2,1-5H3/i4D3. The summed E-state index contributed by atoms with van der Waals surface area (Å²) in [6, 6.07) is 5.47. The van der Waals surface area contributed by atoms with Crippen molar-refractivity contribution in [3.8, 4) is 5.75 Å². The largest absolute Gasteiger partial charge is 0.467 e. The molecule has 1 saturated carbocycles. The first-order chi connectivity index (χ1) is 20.7. The molecular weight excluding hydrogens is 534 g/mol. The number of carbonyl (C=O) groups excluding carboxylic acids is 4. The van der Waals surface area contributed by atoms with Gasteiger partial charge in [0.2, 0.25) is 12.4 Å². The van der Waals surface area contributed by atoms with Crippen LogP contribution in [0.4, 0.5) is 0 Å². The molecule has 8 unspecified atom stereocenters. The van der Waals surface area contributed by atoms with Gasteiger partial charge in [0.1, 0.15) is 5.75 Å². The third-order valence-corrected chi connectivity index (χ3v) is 8.90. The number of likely N-dealkylation sites (tertiary alicyclic amines) is 1. The van der Waals surface area contributed by atoms with Gasteiger partial charge in [-0.2, -0.15) is 0 Å². The minimum absolute atomic E-state index is 0.0886. The fourth-order valence-electron chi connectivity index (χ4n) is 7.37.